The van der Waals surface area contributed by atoms with E-state index < -0.39 is 0 Å². The minimum absolute atomic E-state index is 0.130. The second kappa shape index (κ2) is 9.76. The lowest BCUT2D eigenvalue weighted by Gasteiger charge is -2.32. The fourth-order valence-corrected chi connectivity index (χ4v) is 5.23. The summed E-state index contributed by atoms with van der Waals surface area (Å²) in [6, 6.07) is 6.08. The SMILES string of the molecule is CCCCC1CCC(C(=O)N2c3ccc(C(=O)C(Br)C(C)C)cc3CC2C)CC1. The summed E-state index contributed by atoms with van der Waals surface area (Å²) in [5.74, 6) is 1.65. The van der Waals surface area contributed by atoms with Crippen molar-refractivity contribution in [3.8, 4) is 0 Å². The zero-order chi connectivity index (χ0) is 21.1. The van der Waals surface area contributed by atoms with Gasteiger partial charge < -0.3 is 4.90 Å². The number of benzene rings is 1. The lowest BCUT2D eigenvalue weighted by Crippen LogP contribution is -2.41. The Labute approximate surface area is 184 Å². The van der Waals surface area contributed by atoms with Gasteiger partial charge >= 0.3 is 0 Å². The van der Waals surface area contributed by atoms with Crippen molar-refractivity contribution in [1.82, 2.24) is 0 Å². The molecule has 29 heavy (non-hydrogen) atoms. The molecule has 2 atom stereocenters. The van der Waals surface area contributed by atoms with Gasteiger partial charge in [-0.25, -0.2) is 0 Å². The highest BCUT2D eigenvalue weighted by atomic mass is 79.9. The molecule has 1 aromatic carbocycles. The first kappa shape index (κ1) is 22.5. The summed E-state index contributed by atoms with van der Waals surface area (Å²) in [6.07, 6.45) is 9.18. The average molecular weight is 462 g/mol. The van der Waals surface area contributed by atoms with Gasteiger partial charge in [-0.3, -0.25) is 9.59 Å². The van der Waals surface area contributed by atoms with Gasteiger partial charge in [0, 0.05) is 23.2 Å². The topological polar surface area (TPSA) is 37.4 Å². The molecule has 0 aromatic heterocycles. The number of carbonyl (C=O) groups is 2. The number of amides is 1. The maximum Gasteiger partial charge on any atom is 0.230 e. The van der Waals surface area contributed by atoms with Gasteiger partial charge in [-0.2, -0.15) is 0 Å². The maximum absolute atomic E-state index is 13.4. The van der Waals surface area contributed by atoms with E-state index in [2.05, 4.69) is 29.8 Å². The summed E-state index contributed by atoms with van der Waals surface area (Å²) in [5.41, 5.74) is 2.90. The number of Topliss-reactive ketones (excluding diaryl/α,β-unsaturated/α-hetero) is 1. The first-order chi connectivity index (χ1) is 13.8. The second-order valence-corrected chi connectivity index (χ2v) is 10.5. The summed E-state index contributed by atoms with van der Waals surface area (Å²) in [4.78, 5) is 27.9. The Morgan fingerprint density at radius 2 is 1.86 bits per heavy atom. The van der Waals surface area contributed by atoms with E-state index in [1.54, 1.807) is 0 Å². The average Bonchev–Trinajstić information content (AvgIpc) is 3.05. The van der Waals surface area contributed by atoms with E-state index in [-0.39, 0.29) is 28.5 Å². The lowest BCUT2D eigenvalue weighted by atomic mass is 9.79. The molecule has 2 aliphatic rings. The van der Waals surface area contributed by atoms with Crippen LogP contribution in [0.25, 0.3) is 0 Å². The predicted octanol–water partition coefficient (Wildman–Crippen LogP) is 6.56. The molecule has 1 aliphatic carbocycles. The van der Waals surface area contributed by atoms with Crippen molar-refractivity contribution in [3.63, 3.8) is 0 Å². The van der Waals surface area contributed by atoms with E-state index in [9.17, 15) is 9.59 Å². The number of rotatable bonds is 7. The van der Waals surface area contributed by atoms with Crippen LogP contribution in [0.3, 0.4) is 0 Å². The summed E-state index contributed by atoms with van der Waals surface area (Å²) in [7, 11) is 0. The highest BCUT2D eigenvalue weighted by Crippen LogP contribution is 2.38. The molecule has 160 valence electrons. The van der Waals surface area contributed by atoms with Crippen molar-refractivity contribution in [1.29, 1.82) is 0 Å². The van der Waals surface area contributed by atoms with Crippen molar-refractivity contribution in [2.24, 2.45) is 17.8 Å². The van der Waals surface area contributed by atoms with Crippen LogP contribution in [-0.4, -0.2) is 22.6 Å². The van der Waals surface area contributed by atoms with Crippen LogP contribution in [0.2, 0.25) is 0 Å². The van der Waals surface area contributed by atoms with Gasteiger partial charge in [-0.15, -0.1) is 0 Å². The van der Waals surface area contributed by atoms with E-state index in [0.717, 1.165) is 42.0 Å². The molecule has 0 bridgehead atoms. The Balaban J connectivity index is 1.70. The molecule has 1 aromatic rings. The Morgan fingerprint density at radius 1 is 1.17 bits per heavy atom. The minimum Gasteiger partial charge on any atom is -0.309 e. The van der Waals surface area contributed by atoms with Crippen molar-refractivity contribution >= 4 is 33.3 Å². The number of carbonyl (C=O) groups excluding carboxylic acids is 2. The standard InChI is InChI=1S/C25H36BrNO2/c1-5-6-7-18-8-10-19(11-9-18)25(29)27-17(4)14-21-15-20(12-13-22(21)27)24(28)23(26)16(2)3/h12-13,15-19,23H,5-11,14H2,1-4H3. The summed E-state index contributed by atoms with van der Waals surface area (Å²) in [6.45, 7) is 8.48. The Bertz CT molecular complexity index is 736. The number of nitrogens with zero attached hydrogens (tertiary/aromatic N) is 1. The molecule has 3 nitrogen and oxygen atoms in total. The monoisotopic (exact) mass is 461 g/mol. The van der Waals surface area contributed by atoms with Crippen LogP contribution in [0, 0.1) is 17.8 Å². The number of alkyl halides is 1. The summed E-state index contributed by atoms with van der Waals surface area (Å²) in [5, 5.41) is 0. The Hall–Kier alpha value is -1.16. The summed E-state index contributed by atoms with van der Waals surface area (Å²) < 4.78 is 0. The van der Waals surface area contributed by atoms with E-state index in [1.165, 1.54) is 32.1 Å². The first-order valence-electron chi connectivity index (χ1n) is 11.5. The summed E-state index contributed by atoms with van der Waals surface area (Å²) >= 11 is 3.53. The first-order valence-corrected chi connectivity index (χ1v) is 12.4. The molecule has 4 heteroatoms. The fourth-order valence-electron chi connectivity index (χ4n) is 4.97. The second-order valence-electron chi connectivity index (χ2n) is 9.47. The number of ketones is 1. The van der Waals surface area contributed by atoms with Gasteiger partial charge in [0.05, 0.1) is 4.83 Å². The van der Waals surface area contributed by atoms with Crippen molar-refractivity contribution in [2.75, 3.05) is 4.90 Å². The lowest BCUT2D eigenvalue weighted by molar-refractivity contribution is -0.123. The molecule has 2 unspecified atom stereocenters. The third-order valence-electron chi connectivity index (χ3n) is 6.81. The molecule has 1 aliphatic heterocycles. The van der Waals surface area contributed by atoms with E-state index in [4.69, 9.17) is 0 Å². The fraction of sp³-hybridized carbons (Fsp3) is 0.680. The van der Waals surface area contributed by atoms with Crippen LogP contribution in [0.4, 0.5) is 5.69 Å². The van der Waals surface area contributed by atoms with Crippen LogP contribution >= 0.6 is 15.9 Å². The molecule has 0 spiro atoms. The molecule has 0 saturated heterocycles. The number of hydrogen-bond donors (Lipinski definition) is 0. The number of unbranched alkanes of at least 4 members (excludes halogenated alkanes) is 1. The van der Waals surface area contributed by atoms with E-state index in [1.807, 2.05) is 36.9 Å². The van der Waals surface area contributed by atoms with Gasteiger partial charge in [-0.1, -0.05) is 56.0 Å². The van der Waals surface area contributed by atoms with Crippen molar-refractivity contribution < 1.29 is 9.59 Å². The zero-order valence-corrected chi connectivity index (χ0v) is 20.0. The number of fused-ring (bicyclic) bond motifs is 1. The van der Waals surface area contributed by atoms with Crippen LogP contribution < -0.4 is 4.90 Å². The van der Waals surface area contributed by atoms with Crippen LogP contribution in [-0.2, 0) is 11.2 Å². The predicted molar refractivity (Wildman–Crippen MR) is 124 cm³/mol. The van der Waals surface area contributed by atoms with Gasteiger partial charge in [0.2, 0.25) is 5.91 Å². The highest BCUT2D eigenvalue weighted by molar-refractivity contribution is 9.10. The van der Waals surface area contributed by atoms with Crippen LogP contribution in [0.15, 0.2) is 18.2 Å². The highest BCUT2D eigenvalue weighted by Gasteiger charge is 2.36. The molecule has 1 amide bonds. The quantitative estimate of drug-likeness (QED) is 0.340. The van der Waals surface area contributed by atoms with Gasteiger partial charge in [0.1, 0.15) is 0 Å². The zero-order valence-electron chi connectivity index (χ0n) is 18.4. The molecular weight excluding hydrogens is 426 g/mol. The Morgan fingerprint density at radius 3 is 2.48 bits per heavy atom. The third-order valence-corrected chi connectivity index (χ3v) is 8.29. The minimum atomic E-state index is -0.167. The van der Waals surface area contributed by atoms with Gasteiger partial charge in [-0.05, 0) is 74.6 Å². The number of hydrogen-bond acceptors (Lipinski definition) is 2. The van der Waals surface area contributed by atoms with Gasteiger partial charge in [0.25, 0.3) is 0 Å². The molecule has 1 fully saturated rings. The van der Waals surface area contributed by atoms with Crippen molar-refractivity contribution in [2.45, 2.75) is 89.9 Å². The number of halogens is 1. The molecule has 0 N–H and O–H groups in total. The normalized spacial score (nSPS) is 25.2. The van der Waals surface area contributed by atoms with E-state index in [0.29, 0.717) is 5.91 Å². The molecule has 0 radical (unpaired) electrons. The van der Waals surface area contributed by atoms with Crippen molar-refractivity contribution in [3.05, 3.63) is 29.3 Å². The molecule has 1 saturated carbocycles. The van der Waals surface area contributed by atoms with Crippen LogP contribution in [0.1, 0.15) is 88.6 Å². The largest absolute Gasteiger partial charge is 0.309 e. The molecular formula is C25H36BrNO2. The molecule has 3 rings (SSSR count). The molecule has 1 heterocycles. The van der Waals surface area contributed by atoms with Crippen LogP contribution in [0.5, 0.6) is 0 Å². The Kier molecular flexibility index (Phi) is 7.58. The third kappa shape index (κ3) is 4.95. The smallest absolute Gasteiger partial charge is 0.230 e. The maximum atomic E-state index is 13.4. The van der Waals surface area contributed by atoms with E-state index >= 15 is 0 Å². The number of anilines is 1. The van der Waals surface area contributed by atoms with Gasteiger partial charge in [0.15, 0.2) is 5.78 Å².